The zero-order chi connectivity index (χ0) is 35.1. The molecule has 2 aliphatic carbocycles. The average Bonchev–Trinajstić information content (AvgIpc) is 3.50. The Kier molecular flexibility index (Phi) is 7.27. The number of halogens is 1. The summed E-state index contributed by atoms with van der Waals surface area (Å²) in [5, 5.41) is 22.2. The number of carbonyl (C=O) groups is 4. The Morgan fingerprint density at radius 3 is 2.24 bits per heavy atom. The largest absolute Gasteiger partial charge is 0.508 e. The third kappa shape index (κ3) is 4.41. The highest BCUT2D eigenvalue weighted by Crippen LogP contribution is 2.64. The van der Waals surface area contributed by atoms with Crippen LogP contribution in [0.15, 0.2) is 109 Å². The number of hydrogen-bond donors (Lipinski definition) is 1. The summed E-state index contributed by atoms with van der Waals surface area (Å²) in [6.07, 6.45) is 2.32. The number of aromatic hydroxyl groups is 1. The van der Waals surface area contributed by atoms with E-state index in [4.69, 9.17) is 11.6 Å². The molecule has 0 aromatic heterocycles. The zero-order valence-corrected chi connectivity index (χ0v) is 27.5. The highest BCUT2D eigenvalue weighted by atomic mass is 35.5. The predicted octanol–water partition coefficient (Wildman–Crippen LogP) is 6.63. The third-order valence-corrected chi connectivity index (χ3v) is 11.3. The lowest BCUT2D eigenvalue weighted by Crippen LogP contribution is -2.53. The molecule has 1 N–H and O–H groups in total. The van der Waals surface area contributed by atoms with Gasteiger partial charge in [0, 0.05) is 23.1 Å². The summed E-state index contributed by atoms with van der Waals surface area (Å²) < 4.78 is 0. The van der Waals surface area contributed by atoms with Crippen molar-refractivity contribution < 1.29 is 29.2 Å². The summed E-state index contributed by atoms with van der Waals surface area (Å²) >= 11 is 6.37. The number of hydrogen-bond acceptors (Lipinski definition) is 7. The van der Waals surface area contributed by atoms with Crippen molar-refractivity contribution in [2.75, 3.05) is 9.80 Å². The number of nitro groups is 1. The number of phenols is 1. The van der Waals surface area contributed by atoms with Crippen LogP contribution in [-0.2, 0) is 24.6 Å². The second kappa shape index (κ2) is 11.5. The van der Waals surface area contributed by atoms with E-state index in [1.54, 1.807) is 43.3 Å². The van der Waals surface area contributed by atoms with Crippen LogP contribution in [0.2, 0.25) is 5.02 Å². The standard InChI is InChI=1S/C39H30ClN3O7/c1-21-18-22(10-17-32(21)44)34-28-15-16-29-33(37(47)41(35(29)45)25-11-13-26(14-12-25)43(49)50)30(28)20-31-36(46)42(27-9-5-8-24(40)19-27)38(48)39(31,34)23-6-3-2-4-7-23/h2-15,17-19,29-31,33-34,44H,16,20H2,1H3. The molecular formula is C39H30ClN3O7. The van der Waals surface area contributed by atoms with Crippen LogP contribution in [0, 0.1) is 40.7 Å². The molecule has 10 nitrogen and oxygen atoms in total. The molecule has 2 saturated heterocycles. The summed E-state index contributed by atoms with van der Waals surface area (Å²) in [4.78, 5) is 71.5. The molecule has 50 heavy (non-hydrogen) atoms. The molecule has 6 atom stereocenters. The van der Waals surface area contributed by atoms with Gasteiger partial charge in [-0.2, -0.15) is 0 Å². The van der Waals surface area contributed by atoms with Crippen molar-refractivity contribution in [1.29, 1.82) is 0 Å². The van der Waals surface area contributed by atoms with Crippen molar-refractivity contribution in [1.82, 2.24) is 0 Å². The van der Waals surface area contributed by atoms with Crippen LogP contribution in [0.25, 0.3) is 0 Å². The Hall–Kier alpha value is -5.61. The van der Waals surface area contributed by atoms with E-state index in [1.165, 1.54) is 29.2 Å². The summed E-state index contributed by atoms with van der Waals surface area (Å²) in [6.45, 7) is 1.76. The molecule has 0 spiro atoms. The molecule has 4 amide bonds. The molecule has 250 valence electrons. The topological polar surface area (TPSA) is 138 Å². The number of phenolic OH excluding ortho intramolecular Hbond substituents is 1. The fraction of sp³-hybridized carbons (Fsp3) is 0.231. The fourth-order valence-electron chi connectivity index (χ4n) is 8.95. The quantitative estimate of drug-likeness (QED) is 0.108. The Morgan fingerprint density at radius 2 is 1.56 bits per heavy atom. The Balaban J connectivity index is 1.33. The SMILES string of the molecule is Cc1cc(C2C3=CCC4C(=O)N(c5ccc([N+](=O)[O-])cc5)C(=O)C4C3CC3C(=O)N(c4cccc(Cl)c4)C(=O)C32c2ccccc2)ccc1O. The van der Waals surface area contributed by atoms with E-state index in [2.05, 4.69) is 0 Å². The van der Waals surface area contributed by atoms with Crippen LogP contribution in [0.5, 0.6) is 5.75 Å². The molecule has 4 aliphatic rings. The molecule has 6 unspecified atom stereocenters. The van der Waals surface area contributed by atoms with Gasteiger partial charge in [-0.1, -0.05) is 71.8 Å². The minimum absolute atomic E-state index is 0.0776. The molecule has 4 aromatic carbocycles. The van der Waals surface area contributed by atoms with Crippen molar-refractivity contribution >= 4 is 52.3 Å². The zero-order valence-electron chi connectivity index (χ0n) is 26.7. The van der Waals surface area contributed by atoms with E-state index in [9.17, 15) is 29.6 Å². The van der Waals surface area contributed by atoms with Gasteiger partial charge in [-0.05, 0) is 78.8 Å². The van der Waals surface area contributed by atoms with Gasteiger partial charge in [0.2, 0.25) is 23.6 Å². The number of allylic oxidation sites excluding steroid dienone is 2. The highest BCUT2D eigenvalue weighted by Gasteiger charge is 2.70. The number of nitrogens with zero attached hydrogens (tertiary/aromatic N) is 3. The number of rotatable bonds is 5. The molecule has 4 aromatic rings. The lowest BCUT2D eigenvalue weighted by Gasteiger charge is -2.50. The monoisotopic (exact) mass is 687 g/mol. The first-order valence-electron chi connectivity index (χ1n) is 16.3. The number of benzene rings is 4. The first-order chi connectivity index (χ1) is 24.0. The van der Waals surface area contributed by atoms with E-state index in [0.717, 1.165) is 10.5 Å². The van der Waals surface area contributed by atoms with Crippen LogP contribution in [0.1, 0.15) is 35.4 Å². The van der Waals surface area contributed by atoms with Crippen molar-refractivity contribution in [3.05, 3.63) is 141 Å². The number of nitro benzene ring substituents is 1. The second-order valence-electron chi connectivity index (χ2n) is 13.4. The van der Waals surface area contributed by atoms with Crippen molar-refractivity contribution in [3.8, 4) is 5.75 Å². The maximum Gasteiger partial charge on any atom is 0.269 e. The maximum absolute atomic E-state index is 15.3. The molecule has 2 heterocycles. The van der Waals surface area contributed by atoms with Gasteiger partial charge in [0.05, 0.1) is 39.5 Å². The van der Waals surface area contributed by atoms with E-state index in [0.29, 0.717) is 27.4 Å². The molecule has 0 radical (unpaired) electrons. The fourth-order valence-corrected chi connectivity index (χ4v) is 9.14. The molecule has 3 fully saturated rings. The van der Waals surface area contributed by atoms with Gasteiger partial charge in [-0.3, -0.25) is 34.2 Å². The first-order valence-corrected chi connectivity index (χ1v) is 16.7. The van der Waals surface area contributed by atoms with Gasteiger partial charge in [-0.25, -0.2) is 4.90 Å². The smallest absolute Gasteiger partial charge is 0.269 e. The number of anilines is 2. The predicted molar refractivity (Wildman–Crippen MR) is 185 cm³/mol. The van der Waals surface area contributed by atoms with Gasteiger partial charge in [0.25, 0.3) is 5.69 Å². The van der Waals surface area contributed by atoms with Crippen LogP contribution in [0.4, 0.5) is 17.1 Å². The third-order valence-electron chi connectivity index (χ3n) is 11.0. The number of aryl methyl sites for hydroxylation is 1. The van der Waals surface area contributed by atoms with E-state index < -0.39 is 63.6 Å². The van der Waals surface area contributed by atoms with Crippen LogP contribution in [-0.4, -0.2) is 33.7 Å². The lowest BCUT2D eigenvalue weighted by molar-refractivity contribution is -0.384. The number of non-ortho nitro benzene ring substituents is 1. The summed E-state index contributed by atoms with van der Waals surface area (Å²) in [5.74, 6) is -5.38. The molecule has 2 aliphatic heterocycles. The Morgan fingerprint density at radius 1 is 0.820 bits per heavy atom. The maximum atomic E-state index is 15.3. The Bertz CT molecular complexity index is 2170. The summed E-state index contributed by atoms with van der Waals surface area (Å²) in [7, 11) is 0. The van der Waals surface area contributed by atoms with Gasteiger partial charge < -0.3 is 5.11 Å². The van der Waals surface area contributed by atoms with Gasteiger partial charge >= 0.3 is 0 Å². The average molecular weight is 688 g/mol. The molecular weight excluding hydrogens is 658 g/mol. The minimum atomic E-state index is -1.43. The number of amides is 4. The van der Waals surface area contributed by atoms with E-state index >= 15 is 4.79 Å². The van der Waals surface area contributed by atoms with Crippen LogP contribution in [0.3, 0.4) is 0 Å². The second-order valence-corrected chi connectivity index (χ2v) is 13.9. The number of carbonyl (C=O) groups excluding carboxylic acids is 4. The van der Waals surface area contributed by atoms with Gasteiger partial charge in [0.1, 0.15) is 5.75 Å². The van der Waals surface area contributed by atoms with Crippen molar-refractivity contribution in [2.45, 2.75) is 31.1 Å². The van der Waals surface area contributed by atoms with Crippen LogP contribution < -0.4 is 9.80 Å². The number of imide groups is 2. The normalized spacial score (nSPS) is 27.2. The van der Waals surface area contributed by atoms with Crippen molar-refractivity contribution in [2.24, 2.45) is 23.7 Å². The molecule has 0 bridgehead atoms. The van der Waals surface area contributed by atoms with E-state index in [1.807, 2.05) is 42.5 Å². The van der Waals surface area contributed by atoms with Crippen molar-refractivity contribution in [3.63, 3.8) is 0 Å². The first kappa shape index (κ1) is 31.6. The van der Waals surface area contributed by atoms with Gasteiger partial charge in [-0.15, -0.1) is 0 Å². The van der Waals surface area contributed by atoms with E-state index in [-0.39, 0.29) is 30.0 Å². The number of fused-ring (bicyclic) bond motifs is 4. The highest BCUT2D eigenvalue weighted by molar-refractivity contribution is 6.32. The molecule has 11 heteroatoms. The summed E-state index contributed by atoms with van der Waals surface area (Å²) in [6, 6.07) is 26.3. The summed E-state index contributed by atoms with van der Waals surface area (Å²) in [5.41, 5.74) is 1.69. The molecule has 1 saturated carbocycles. The van der Waals surface area contributed by atoms with Gasteiger partial charge in [0.15, 0.2) is 0 Å². The lowest BCUT2D eigenvalue weighted by atomic mass is 9.49. The van der Waals surface area contributed by atoms with Crippen LogP contribution >= 0.6 is 11.6 Å². The Labute approximate surface area is 291 Å². The molecule has 8 rings (SSSR count). The minimum Gasteiger partial charge on any atom is -0.508 e.